The van der Waals surface area contributed by atoms with Gasteiger partial charge in [0.1, 0.15) is 6.29 Å². The van der Waals surface area contributed by atoms with Gasteiger partial charge in [0.25, 0.3) is 0 Å². The molecule has 4 nitrogen and oxygen atoms in total. The van der Waals surface area contributed by atoms with Gasteiger partial charge in [-0.2, -0.15) is 18.3 Å². The molecule has 7 heteroatoms. The van der Waals surface area contributed by atoms with Crippen molar-refractivity contribution < 1.29 is 23.1 Å². The number of aromatic nitrogens is 2. The van der Waals surface area contributed by atoms with Crippen molar-refractivity contribution in [2.75, 3.05) is 7.11 Å². The number of aliphatic hydroxyl groups is 1. The molecule has 1 heterocycles. The second kappa shape index (κ2) is 12.3. The number of aldehydes is 1. The highest BCUT2D eigenvalue weighted by Gasteiger charge is 2.30. The zero-order valence-corrected chi connectivity index (χ0v) is 20.2. The van der Waals surface area contributed by atoms with Crippen LogP contribution in [0.1, 0.15) is 27.9 Å². The molecule has 0 radical (unpaired) electrons. The molecule has 1 aromatic heterocycles. The topological polar surface area (TPSA) is 55.1 Å². The van der Waals surface area contributed by atoms with E-state index in [4.69, 9.17) is 10.2 Å². The fourth-order valence-electron chi connectivity index (χ4n) is 4.02. The molecule has 3 aromatic carbocycles. The largest absolute Gasteiger partial charge is 0.416 e. The molecule has 0 aliphatic carbocycles. The van der Waals surface area contributed by atoms with Gasteiger partial charge >= 0.3 is 6.18 Å². The molecule has 188 valence electrons. The number of carbonyl (C=O) groups excluding carboxylic acids is 1. The Morgan fingerprint density at radius 3 is 2.19 bits per heavy atom. The number of benzene rings is 3. The van der Waals surface area contributed by atoms with Crippen molar-refractivity contribution in [2.45, 2.75) is 32.5 Å². The molecule has 0 spiro atoms. The van der Waals surface area contributed by atoms with E-state index in [1.807, 2.05) is 72.3 Å². The van der Waals surface area contributed by atoms with Crippen LogP contribution >= 0.6 is 0 Å². The summed E-state index contributed by atoms with van der Waals surface area (Å²) >= 11 is 0. The Kier molecular flexibility index (Phi) is 9.19. The van der Waals surface area contributed by atoms with E-state index in [9.17, 15) is 18.0 Å². The minimum absolute atomic E-state index is 0.221. The molecule has 1 atom stereocenters. The smallest absolute Gasteiger partial charge is 0.400 e. The third-order valence-corrected chi connectivity index (χ3v) is 5.77. The van der Waals surface area contributed by atoms with Crippen LogP contribution in [0.3, 0.4) is 0 Å². The highest BCUT2D eigenvalue weighted by atomic mass is 19.4. The minimum Gasteiger partial charge on any atom is -0.400 e. The monoisotopic (exact) mass is 494 g/mol. The van der Waals surface area contributed by atoms with Gasteiger partial charge in [0.05, 0.1) is 23.5 Å². The van der Waals surface area contributed by atoms with Crippen LogP contribution in [0.5, 0.6) is 0 Å². The van der Waals surface area contributed by atoms with Crippen molar-refractivity contribution in [3.05, 3.63) is 113 Å². The van der Waals surface area contributed by atoms with Crippen LogP contribution in [0.25, 0.3) is 11.3 Å². The molecule has 0 saturated heterocycles. The number of aliphatic hydroxyl groups excluding tert-OH is 1. The summed E-state index contributed by atoms with van der Waals surface area (Å²) in [6, 6.07) is 25.2. The molecule has 4 aromatic rings. The Morgan fingerprint density at radius 1 is 0.889 bits per heavy atom. The summed E-state index contributed by atoms with van der Waals surface area (Å²) in [6.45, 7) is 2.60. The van der Waals surface area contributed by atoms with Crippen LogP contribution in [0, 0.1) is 12.8 Å². The van der Waals surface area contributed by atoms with Crippen molar-refractivity contribution in [1.29, 1.82) is 0 Å². The highest BCUT2D eigenvalue weighted by Crippen LogP contribution is 2.30. The quantitative estimate of drug-likeness (QED) is 0.300. The van der Waals surface area contributed by atoms with Gasteiger partial charge in [-0.05, 0) is 42.2 Å². The fourth-order valence-corrected chi connectivity index (χ4v) is 4.02. The van der Waals surface area contributed by atoms with Gasteiger partial charge in [0.15, 0.2) is 0 Å². The predicted molar refractivity (Wildman–Crippen MR) is 134 cm³/mol. The summed E-state index contributed by atoms with van der Waals surface area (Å²) in [5, 5.41) is 11.8. The number of carbonyl (C=O) groups is 1. The lowest BCUT2D eigenvalue weighted by atomic mass is 9.95. The first-order valence-corrected chi connectivity index (χ1v) is 11.6. The van der Waals surface area contributed by atoms with Gasteiger partial charge in [0, 0.05) is 19.4 Å². The maximum atomic E-state index is 13.1. The normalized spacial score (nSPS) is 11.9. The third-order valence-electron chi connectivity index (χ3n) is 5.77. The summed E-state index contributed by atoms with van der Waals surface area (Å²) < 4.78 is 41.1. The summed E-state index contributed by atoms with van der Waals surface area (Å²) in [4.78, 5) is 11.8. The number of hydrogen-bond acceptors (Lipinski definition) is 3. The van der Waals surface area contributed by atoms with Crippen molar-refractivity contribution in [2.24, 2.45) is 5.92 Å². The lowest BCUT2D eigenvalue weighted by Crippen LogP contribution is -2.12. The van der Waals surface area contributed by atoms with Gasteiger partial charge in [0.2, 0.25) is 0 Å². The number of rotatable bonds is 8. The molecule has 0 amide bonds. The molecule has 0 saturated carbocycles. The van der Waals surface area contributed by atoms with E-state index in [2.05, 4.69) is 0 Å². The maximum absolute atomic E-state index is 13.1. The van der Waals surface area contributed by atoms with E-state index in [1.54, 1.807) is 6.07 Å². The average Bonchev–Trinajstić information content (AvgIpc) is 3.27. The predicted octanol–water partition coefficient (Wildman–Crippen LogP) is 6.13. The molecule has 0 fully saturated rings. The van der Waals surface area contributed by atoms with Gasteiger partial charge in [-0.3, -0.25) is 4.68 Å². The third kappa shape index (κ3) is 7.15. The van der Waals surface area contributed by atoms with E-state index >= 15 is 0 Å². The van der Waals surface area contributed by atoms with Crippen molar-refractivity contribution in [3.8, 4) is 11.3 Å². The number of nitrogens with zero attached hydrogens (tertiary/aromatic N) is 2. The van der Waals surface area contributed by atoms with Crippen molar-refractivity contribution >= 4 is 6.29 Å². The molecular formula is C29H29F3N2O2. The van der Waals surface area contributed by atoms with Gasteiger partial charge < -0.3 is 9.90 Å². The standard InChI is InChI=1S/C28H25F3N2O.CH4O/c1-20-10-12-24(13-11-20)27-17-26(32-33(27)18-21-6-3-2-4-7-21)16-23(19-34)14-22-8-5-9-25(15-22)28(29,30)31;1-2/h2-13,15,17,19,23H,14,16,18H2,1H3;2H,1H3. The fraction of sp³-hybridized carbons (Fsp3) is 0.241. The molecule has 4 rings (SSSR count). The first-order chi connectivity index (χ1) is 17.3. The SMILES string of the molecule is CO.Cc1ccc(-c2cc(CC(C=O)Cc3cccc(C(F)(F)F)c3)nn2Cc2ccccc2)cc1. The van der Waals surface area contributed by atoms with E-state index in [1.165, 1.54) is 6.07 Å². The Balaban J connectivity index is 0.00000176. The Bertz CT molecular complexity index is 1250. The minimum atomic E-state index is -4.41. The lowest BCUT2D eigenvalue weighted by Gasteiger charge is -2.12. The molecule has 0 aliphatic heterocycles. The van der Waals surface area contributed by atoms with E-state index < -0.39 is 17.7 Å². The first-order valence-electron chi connectivity index (χ1n) is 11.6. The Labute approximate surface area is 209 Å². The molecule has 1 N–H and O–H groups in total. The summed E-state index contributed by atoms with van der Waals surface area (Å²) in [7, 11) is 1.00. The zero-order chi connectivity index (χ0) is 26.1. The number of hydrogen-bond donors (Lipinski definition) is 1. The number of aryl methyl sites for hydroxylation is 1. The van der Waals surface area contributed by atoms with E-state index in [-0.39, 0.29) is 6.42 Å². The summed E-state index contributed by atoms with van der Waals surface area (Å²) in [5.74, 6) is -0.477. The van der Waals surface area contributed by atoms with Crippen LogP contribution < -0.4 is 0 Å². The van der Waals surface area contributed by atoms with Crippen LogP contribution in [-0.4, -0.2) is 28.3 Å². The average molecular weight is 495 g/mol. The summed E-state index contributed by atoms with van der Waals surface area (Å²) in [6.07, 6.45) is -3.03. The van der Waals surface area contributed by atoms with Crippen LogP contribution in [0.15, 0.2) is 84.9 Å². The first kappa shape index (κ1) is 26.9. The van der Waals surface area contributed by atoms with E-state index in [0.717, 1.165) is 53.6 Å². The molecule has 0 bridgehead atoms. The molecular weight excluding hydrogens is 465 g/mol. The van der Waals surface area contributed by atoms with Gasteiger partial charge in [-0.25, -0.2) is 0 Å². The van der Waals surface area contributed by atoms with Crippen molar-refractivity contribution in [3.63, 3.8) is 0 Å². The second-order valence-corrected chi connectivity index (χ2v) is 8.53. The maximum Gasteiger partial charge on any atom is 0.416 e. The van der Waals surface area contributed by atoms with Crippen LogP contribution in [-0.2, 0) is 30.4 Å². The van der Waals surface area contributed by atoms with Crippen molar-refractivity contribution in [1.82, 2.24) is 9.78 Å². The number of halogens is 3. The highest BCUT2D eigenvalue weighted by molar-refractivity contribution is 5.61. The van der Waals surface area contributed by atoms with Gasteiger partial charge in [-0.1, -0.05) is 78.4 Å². The molecule has 0 aliphatic rings. The zero-order valence-electron chi connectivity index (χ0n) is 20.2. The Hall–Kier alpha value is -3.71. The van der Waals surface area contributed by atoms with Crippen LogP contribution in [0.4, 0.5) is 13.2 Å². The summed E-state index contributed by atoms with van der Waals surface area (Å²) in [5.41, 5.74) is 4.71. The van der Waals surface area contributed by atoms with E-state index in [0.29, 0.717) is 18.5 Å². The molecule has 36 heavy (non-hydrogen) atoms. The second-order valence-electron chi connectivity index (χ2n) is 8.53. The Morgan fingerprint density at radius 2 is 1.56 bits per heavy atom. The van der Waals surface area contributed by atoms with Gasteiger partial charge in [-0.15, -0.1) is 0 Å². The van der Waals surface area contributed by atoms with Crippen LogP contribution in [0.2, 0.25) is 0 Å². The molecule has 1 unspecified atom stereocenters. The lowest BCUT2D eigenvalue weighted by molar-refractivity contribution is -0.137. The number of alkyl halides is 3.